The normalized spacial score (nSPS) is 10.6. The van der Waals surface area contributed by atoms with Crippen molar-refractivity contribution in [2.45, 2.75) is 33.1 Å². The lowest BCUT2D eigenvalue weighted by Crippen LogP contribution is -2.07. The summed E-state index contributed by atoms with van der Waals surface area (Å²) in [6.45, 7) is 4.94. The number of thioether (sulfide) groups is 1. The Labute approximate surface area is 113 Å². The number of unbranched alkanes of at least 4 members (excludes halogenated alkanes) is 2. The summed E-state index contributed by atoms with van der Waals surface area (Å²) in [5, 5.41) is 11.8. The molecule has 1 rings (SSSR count). The van der Waals surface area contributed by atoms with Gasteiger partial charge >= 0.3 is 0 Å². The summed E-state index contributed by atoms with van der Waals surface area (Å²) < 4.78 is 0. The van der Waals surface area contributed by atoms with Crippen LogP contribution in [-0.4, -0.2) is 28.8 Å². The first-order chi connectivity index (χ1) is 8.16. The largest absolute Gasteiger partial charge is 0.368 e. The lowest BCUT2D eigenvalue weighted by atomic mass is 10.2. The maximum atomic E-state index is 5.90. The van der Waals surface area contributed by atoms with E-state index in [0.29, 0.717) is 5.15 Å². The number of anilines is 1. The molecule has 0 fully saturated rings. The van der Waals surface area contributed by atoms with Gasteiger partial charge in [0.05, 0.1) is 0 Å². The molecule has 96 valence electrons. The molecule has 0 aliphatic heterocycles. The van der Waals surface area contributed by atoms with Crippen LogP contribution in [0.25, 0.3) is 0 Å². The maximum absolute atomic E-state index is 5.90. The highest BCUT2D eigenvalue weighted by Crippen LogP contribution is 2.20. The van der Waals surface area contributed by atoms with Gasteiger partial charge in [-0.1, -0.05) is 18.0 Å². The van der Waals surface area contributed by atoms with Crippen molar-refractivity contribution in [2.75, 3.05) is 23.9 Å². The number of halogens is 1. The molecule has 5 heteroatoms. The van der Waals surface area contributed by atoms with Crippen LogP contribution >= 0.6 is 23.4 Å². The van der Waals surface area contributed by atoms with Crippen molar-refractivity contribution in [3.8, 4) is 0 Å². The van der Waals surface area contributed by atoms with E-state index >= 15 is 0 Å². The first kappa shape index (κ1) is 14.6. The Morgan fingerprint density at radius 1 is 1.12 bits per heavy atom. The molecule has 3 nitrogen and oxygen atoms in total. The second-order valence-corrected chi connectivity index (χ2v) is 5.41. The second kappa shape index (κ2) is 7.77. The fourth-order valence-corrected chi connectivity index (χ4v) is 2.17. The van der Waals surface area contributed by atoms with Crippen molar-refractivity contribution in [3.63, 3.8) is 0 Å². The predicted molar refractivity (Wildman–Crippen MR) is 77.2 cm³/mol. The molecule has 1 N–H and O–H groups in total. The average molecular weight is 274 g/mol. The smallest absolute Gasteiger partial charge is 0.155 e. The molecular weight excluding hydrogens is 254 g/mol. The van der Waals surface area contributed by atoms with E-state index in [9.17, 15) is 0 Å². The molecule has 1 aromatic rings. The number of hydrogen-bond donors (Lipinski definition) is 1. The van der Waals surface area contributed by atoms with E-state index < -0.39 is 0 Å². The molecule has 17 heavy (non-hydrogen) atoms. The van der Waals surface area contributed by atoms with Crippen LogP contribution < -0.4 is 5.32 Å². The third kappa shape index (κ3) is 4.72. The summed E-state index contributed by atoms with van der Waals surface area (Å²) in [7, 11) is 0. The molecule has 0 radical (unpaired) electrons. The van der Waals surface area contributed by atoms with Crippen LogP contribution in [0, 0.1) is 13.8 Å². The van der Waals surface area contributed by atoms with Crippen LogP contribution in [-0.2, 0) is 0 Å². The zero-order valence-corrected chi connectivity index (χ0v) is 12.3. The van der Waals surface area contributed by atoms with E-state index in [4.69, 9.17) is 11.6 Å². The van der Waals surface area contributed by atoms with Gasteiger partial charge in [-0.15, -0.1) is 10.2 Å². The Balaban J connectivity index is 2.35. The fourth-order valence-electron chi connectivity index (χ4n) is 1.50. The minimum absolute atomic E-state index is 0.494. The minimum atomic E-state index is 0.494. The van der Waals surface area contributed by atoms with Crippen molar-refractivity contribution >= 4 is 29.2 Å². The molecule has 0 unspecified atom stereocenters. The van der Waals surface area contributed by atoms with Gasteiger partial charge in [0.25, 0.3) is 0 Å². The van der Waals surface area contributed by atoms with Crippen molar-refractivity contribution in [1.82, 2.24) is 10.2 Å². The molecule has 0 aliphatic rings. The number of rotatable bonds is 7. The number of nitrogens with zero attached hydrogens (tertiary/aromatic N) is 2. The Morgan fingerprint density at radius 2 is 1.88 bits per heavy atom. The van der Waals surface area contributed by atoms with Gasteiger partial charge in [0, 0.05) is 6.54 Å². The first-order valence-electron chi connectivity index (χ1n) is 5.89. The van der Waals surface area contributed by atoms with Crippen molar-refractivity contribution < 1.29 is 0 Å². The van der Waals surface area contributed by atoms with Gasteiger partial charge in [-0.05, 0) is 49.8 Å². The molecule has 0 aromatic carbocycles. The van der Waals surface area contributed by atoms with Gasteiger partial charge in [-0.25, -0.2) is 0 Å². The molecule has 0 atom stereocenters. The van der Waals surface area contributed by atoms with Crippen LogP contribution in [0.4, 0.5) is 5.82 Å². The molecule has 1 aromatic heterocycles. The van der Waals surface area contributed by atoms with Crippen molar-refractivity contribution in [2.24, 2.45) is 0 Å². The van der Waals surface area contributed by atoms with Gasteiger partial charge in [-0.3, -0.25) is 0 Å². The van der Waals surface area contributed by atoms with Crippen LogP contribution in [0.5, 0.6) is 0 Å². The Kier molecular flexibility index (Phi) is 6.66. The van der Waals surface area contributed by atoms with E-state index in [-0.39, 0.29) is 0 Å². The quantitative estimate of drug-likeness (QED) is 0.769. The van der Waals surface area contributed by atoms with E-state index in [2.05, 4.69) is 21.8 Å². The van der Waals surface area contributed by atoms with Crippen molar-refractivity contribution in [3.05, 3.63) is 16.3 Å². The topological polar surface area (TPSA) is 37.8 Å². The molecule has 0 amide bonds. The highest BCUT2D eigenvalue weighted by molar-refractivity contribution is 7.98. The fraction of sp³-hybridized carbons (Fsp3) is 0.667. The summed E-state index contributed by atoms with van der Waals surface area (Å²) in [6, 6.07) is 0. The second-order valence-electron chi connectivity index (χ2n) is 4.07. The molecule has 0 saturated carbocycles. The Bertz CT molecular complexity index is 358. The summed E-state index contributed by atoms with van der Waals surface area (Å²) >= 11 is 7.81. The van der Waals surface area contributed by atoms with E-state index in [1.165, 1.54) is 25.0 Å². The summed E-state index contributed by atoms with van der Waals surface area (Å²) in [6.07, 6.45) is 5.86. The van der Waals surface area contributed by atoms with Crippen LogP contribution in [0.1, 0.15) is 30.4 Å². The molecule has 0 aliphatic carbocycles. The Morgan fingerprint density at radius 3 is 2.59 bits per heavy atom. The molecule has 0 spiro atoms. The van der Waals surface area contributed by atoms with Crippen LogP contribution in [0.3, 0.4) is 0 Å². The monoisotopic (exact) mass is 273 g/mol. The van der Waals surface area contributed by atoms with Gasteiger partial charge < -0.3 is 5.32 Å². The number of aromatic nitrogens is 2. The summed E-state index contributed by atoms with van der Waals surface area (Å²) in [5.41, 5.74) is 2.10. The molecule has 0 bridgehead atoms. The standard InChI is InChI=1S/C12H20ClN3S/c1-9-10(2)12(16-15-11(9)13)14-7-5-4-6-8-17-3/h4-8H2,1-3H3,(H,14,16). The molecular formula is C12H20ClN3S. The van der Waals surface area contributed by atoms with E-state index in [1.54, 1.807) is 0 Å². The predicted octanol–water partition coefficient (Wildman–Crippen LogP) is 3.69. The third-order valence-corrected chi connectivity index (χ3v) is 3.84. The zero-order valence-electron chi connectivity index (χ0n) is 10.7. The van der Waals surface area contributed by atoms with Gasteiger partial charge in [0.15, 0.2) is 11.0 Å². The van der Waals surface area contributed by atoms with E-state index in [0.717, 1.165) is 23.5 Å². The maximum Gasteiger partial charge on any atom is 0.155 e. The van der Waals surface area contributed by atoms with Gasteiger partial charge in [-0.2, -0.15) is 11.8 Å². The van der Waals surface area contributed by atoms with Gasteiger partial charge in [0.2, 0.25) is 0 Å². The minimum Gasteiger partial charge on any atom is -0.368 e. The lowest BCUT2D eigenvalue weighted by molar-refractivity contribution is 0.746. The molecule has 1 heterocycles. The number of nitrogens with one attached hydrogen (secondary N) is 1. The number of hydrogen-bond acceptors (Lipinski definition) is 4. The Hall–Kier alpha value is -0.480. The van der Waals surface area contributed by atoms with Crippen molar-refractivity contribution in [1.29, 1.82) is 0 Å². The van der Waals surface area contributed by atoms with Crippen LogP contribution in [0.15, 0.2) is 0 Å². The highest BCUT2D eigenvalue weighted by Gasteiger charge is 2.06. The van der Waals surface area contributed by atoms with Crippen LogP contribution in [0.2, 0.25) is 5.15 Å². The lowest BCUT2D eigenvalue weighted by Gasteiger charge is -2.10. The highest BCUT2D eigenvalue weighted by atomic mass is 35.5. The first-order valence-corrected chi connectivity index (χ1v) is 7.66. The van der Waals surface area contributed by atoms with E-state index in [1.807, 2.05) is 25.6 Å². The molecule has 0 saturated heterocycles. The zero-order chi connectivity index (χ0) is 12.7. The third-order valence-electron chi connectivity index (χ3n) is 2.78. The summed E-state index contributed by atoms with van der Waals surface area (Å²) in [5.74, 6) is 2.11. The SMILES string of the molecule is CSCCCCCNc1nnc(Cl)c(C)c1C. The average Bonchev–Trinajstić information content (AvgIpc) is 2.33. The summed E-state index contributed by atoms with van der Waals surface area (Å²) in [4.78, 5) is 0. The van der Waals surface area contributed by atoms with Gasteiger partial charge in [0.1, 0.15) is 0 Å².